The fourth-order valence-corrected chi connectivity index (χ4v) is 4.53. The molecule has 31 heavy (non-hydrogen) atoms. The molecule has 0 aromatic heterocycles. The second-order valence-electron chi connectivity index (χ2n) is 8.59. The standard InChI is InChI=1S/C23H34F3N3O2/c1-2-31-17-22(30)27-20-8-6-18(7-9-20)10-11-28-12-14-29(15-13-28)21-5-3-4-19(16-21)23(24,25)26/h3-5,16,18,20H,2,6-15,17H2,1H3,(H,27,30). The van der Waals surface area contributed by atoms with Gasteiger partial charge in [-0.1, -0.05) is 6.07 Å². The number of halogens is 3. The smallest absolute Gasteiger partial charge is 0.372 e. The Bertz CT molecular complexity index is 698. The number of nitrogens with one attached hydrogen (secondary N) is 1. The molecule has 1 aromatic rings. The van der Waals surface area contributed by atoms with Crippen LogP contribution in [0.25, 0.3) is 0 Å². The number of alkyl halides is 3. The van der Waals surface area contributed by atoms with Crippen molar-refractivity contribution in [2.75, 3.05) is 50.8 Å². The van der Waals surface area contributed by atoms with Gasteiger partial charge >= 0.3 is 6.18 Å². The Hall–Kier alpha value is -1.80. The third-order valence-corrected chi connectivity index (χ3v) is 6.41. The molecule has 1 saturated heterocycles. The van der Waals surface area contributed by atoms with E-state index in [-0.39, 0.29) is 18.6 Å². The summed E-state index contributed by atoms with van der Waals surface area (Å²) in [7, 11) is 0. The summed E-state index contributed by atoms with van der Waals surface area (Å²) in [4.78, 5) is 16.2. The number of hydrogen-bond donors (Lipinski definition) is 1. The number of carbonyl (C=O) groups excluding carboxylic acids is 1. The zero-order valence-electron chi connectivity index (χ0n) is 18.3. The van der Waals surface area contributed by atoms with E-state index in [9.17, 15) is 18.0 Å². The monoisotopic (exact) mass is 441 g/mol. The van der Waals surface area contributed by atoms with Crippen LogP contribution < -0.4 is 10.2 Å². The van der Waals surface area contributed by atoms with Crippen LogP contribution in [0.5, 0.6) is 0 Å². The molecule has 2 aliphatic rings. The summed E-state index contributed by atoms with van der Waals surface area (Å²) in [5, 5.41) is 3.06. The van der Waals surface area contributed by atoms with Gasteiger partial charge in [-0.25, -0.2) is 0 Å². The predicted octanol–water partition coefficient (Wildman–Crippen LogP) is 3.93. The third-order valence-electron chi connectivity index (χ3n) is 6.41. The minimum Gasteiger partial charge on any atom is -0.372 e. The van der Waals surface area contributed by atoms with Crippen LogP contribution in [0.4, 0.5) is 18.9 Å². The van der Waals surface area contributed by atoms with Crippen molar-refractivity contribution < 1.29 is 22.7 Å². The van der Waals surface area contributed by atoms with Crippen LogP contribution in [0.1, 0.15) is 44.6 Å². The number of carbonyl (C=O) groups is 1. The number of benzene rings is 1. The lowest BCUT2D eigenvalue weighted by molar-refractivity contribution is -0.137. The van der Waals surface area contributed by atoms with Crippen LogP contribution in [0.15, 0.2) is 24.3 Å². The summed E-state index contributed by atoms with van der Waals surface area (Å²) in [5.41, 5.74) is 0.0660. The number of hydrogen-bond acceptors (Lipinski definition) is 4. The van der Waals surface area contributed by atoms with Crippen molar-refractivity contribution in [3.05, 3.63) is 29.8 Å². The van der Waals surface area contributed by atoms with Gasteiger partial charge in [0.1, 0.15) is 6.61 Å². The predicted molar refractivity (Wildman–Crippen MR) is 115 cm³/mol. The number of rotatable bonds is 8. The van der Waals surface area contributed by atoms with E-state index in [1.165, 1.54) is 12.1 Å². The number of nitrogens with zero attached hydrogens (tertiary/aromatic N) is 2. The third kappa shape index (κ3) is 7.38. The molecule has 3 rings (SSSR count). The lowest BCUT2D eigenvalue weighted by atomic mass is 9.84. The van der Waals surface area contributed by atoms with Gasteiger partial charge in [0.25, 0.3) is 0 Å². The summed E-state index contributed by atoms with van der Waals surface area (Å²) >= 11 is 0. The Morgan fingerprint density at radius 2 is 1.84 bits per heavy atom. The van der Waals surface area contributed by atoms with Gasteiger partial charge in [0.15, 0.2) is 0 Å². The molecule has 0 bridgehead atoms. The van der Waals surface area contributed by atoms with E-state index in [0.29, 0.717) is 18.2 Å². The van der Waals surface area contributed by atoms with Crippen molar-refractivity contribution in [2.45, 2.75) is 51.2 Å². The van der Waals surface area contributed by atoms with Crippen molar-refractivity contribution in [1.29, 1.82) is 0 Å². The molecular weight excluding hydrogens is 407 g/mol. The van der Waals surface area contributed by atoms with Crippen molar-refractivity contribution in [3.8, 4) is 0 Å². The molecular formula is C23H34F3N3O2. The molecule has 5 nitrogen and oxygen atoms in total. The lowest BCUT2D eigenvalue weighted by Crippen LogP contribution is -2.47. The highest BCUT2D eigenvalue weighted by atomic mass is 19.4. The minimum atomic E-state index is -4.30. The first-order chi connectivity index (χ1) is 14.8. The summed E-state index contributed by atoms with van der Waals surface area (Å²) in [6, 6.07) is 5.89. The van der Waals surface area contributed by atoms with Gasteiger partial charge in [-0.15, -0.1) is 0 Å². The second-order valence-corrected chi connectivity index (χ2v) is 8.59. The topological polar surface area (TPSA) is 44.8 Å². The van der Waals surface area contributed by atoms with Crippen molar-refractivity contribution >= 4 is 11.6 Å². The van der Waals surface area contributed by atoms with Crippen LogP contribution in [-0.4, -0.2) is 62.8 Å². The SMILES string of the molecule is CCOCC(=O)NC1CCC(CCN2CCN(c3cccc(C(F)(F)F)c3)CC2)CC1. The molecule has 8 heteroatoms. The first-order valence-electron chi connectivity index (χ1n) is 11.4. The molecule has 0 unspecified atom stereocenters. The maximum absolute atomic E-state index is 13.0. The van der Waals surface area contributed by atoms with Gasteiger partial charge in [-0.3, -0.25) is 9.69 Å². The van der Waals surface area contributed by atoms with Crippen LogP contribution >= 0.6 is 0 Å². The van der Waals surface area contributed by atoms with E-state index in [1.54, 1.807) is 6.07 Å². The van der Waals surface area contributed by atoms with Crippen LogP contribution in [0, 0.1) is 5.92 Å². The molecule has 2 fully saturated rings. The second kappa shape index (κ2) is 11.2. The van der Waals surface area contributed by atoms with Crippen LogP contribution in [0.2, 0.25) is 0 Å². The van der Waals surface area contributed by atoms with Gasteiger partial charge in [-0.2, -0.15) is 13.2 Å². The molecule has 174 valence electrons. The lowest BCUT2D eigenvalue weighted by Gasteiger charge is -2.37. The zero-order chi connectivity index (χ0) is 22.3. The highest BCUT2D eigenvalue weighted by molar-refractivity contribution is 5.77. The highest BCUT2D eigenvalue weighted by Crippen LogP contribution is 2.32. The van der Waals surface area contributed by atoms with E-state index >= 15 is 0 Å². The number of amides is 1. The van der Waals surface area contributed by atoms with E-state index in [4.69, 9.17) is 4.74 Å². The van der Waals surface area contributed by atoms with Crippen LogP contribution in [0.3, 0.4) is 0 Å². The largest absolute Gasteiger partial charge is 0.416 e. The molecule has 1 amide bonds. The molecule has 0 spiro atoms. The van der Waals surface area contributed by atoms with E-state index in [0.717, 1.165) is 70.9 Å². The molecule has 1 saturated carbocycles. The number of anilines is 1. The Morgan fingerprint density at radius 3 is 2.48 bits per heavy atom. The summed E-state index contributed by atoms with van der Waals surface area (Å²) in [5.74, 6) is 0.658. The number of piperazine rings is 1. The summed E-state index contributed by atoms with van der Waals surface area (Å²) < 4.78 is 44.0. The normalized spacial score (nSPS) is 23.0. The molecule has 1 N–H and O–H groups in total. The fraction of sp³-hybridized carbons (Fsp3) is 0.696. The first-order valence-corrected chi connectivity index (χ1v) is 11.4. The summed E-state index contributed by atoms with van der Waals surface area (Å²) in [6.45, 7) is 6.85. The molecule has 1 aliphatic carbocycles. The molecule has 0 atom stereocenters. The van der Waals surface area contributed by atoms with E-state index in [2.05, 4.69) is 10.2 Å². The van der Waals surface area contributed by atoms with Gasteiger partial charge in [-0.05, 0) is 69.7 Å². The Labute approximate surface area is 182 Å². The minimum absolute atomic E-state index is 0.0241. The van der Waals surface area contributed by atoms with E-state index < -0.39 is 11.7 Å². The Kier molecular flexibility index (Phi) is 8.60. The quantitative estimate of drug-likeness (QED) is 0.664. The zero-order valence-corrected chi connectivity index (χ0v) is 18.3. The maximum atomic E-state index is 13.0. The first kappa shape index (κ1) is 23.9. The van der Waals surface area contributed by atoms with Crippen molar-refractivity contribution in [3.63, 3.8) is 0 Å². The highest BCUT2D eigenvalue weighted by Gasteiger charge is 2.31. The molecule has 0 radical (unpaired) electrons. The van der Waals surface area contributed by atoms with Crippen molar-refractivity contribution in [2.24, 2.45) is 5.92 Å². The Morgan fingerprint density at radius 1 is 1.13 bits per heavy atom. The van der Waals surface area contributed by atoms with Gasteiger partial charge < -0.3 is 15.0 Å². The van der Waals surface area contributed by atoms with Crippen LogP contribution in [-0.2, 0) is 15.7 Å². The van der Waals surface area contributed by atoms with Gasteiger partial charge in [0.05, 0.1) is 5.56 Å². The van der Waals surface area contributed by atoms with Gasteiger partial charge in [0, 0.05) is 44.5 Å². The molecule has 1 aliphatic heterocycles. The van der Waals surface area contributed by atoms with Gasteiger partial charge in [0.2, 0.25) is 5.91 Å². The Balaban J connectivity index is 1.35. The fourth-order valence-electron chi connectivity index (χ4n) is 4.53. The van der Waals surface area contributed by atoms with E-state index in [1.807, 2.05) is 11.8 Å². The number of ether oxygens (including phenoxy) is 1. The average molecular weight is 442 g/mol. The molecule has 1 heterocycles. The maximum Gasteiger partial charge on any atom is 0.416 e. The summed E-state index contributed by atoms with van der Waals surface area (Å²) in [6.07, 6.45) is 1.14. The average Bonchev–Trinajstić information content (AvgIpc) is 2.77. The molecule has 1 aromatic carbocycles. The van der Waals surface area contributed by atoms with Crippen molar-refractivity contribution in [1.82, 2.24) is 10.2 Å².